The molecule has 4 aromatic rings. The molecular formula is C39H47N3O11. The number of amides is 2. The second kappa shape index (κ2) is 15.1. The molecule has 3 unspecified atom stereocenters. The number of phenols is 6. The number of phenolic OH excluding ortho intramolecular Hbond substituents is 5. The van der Waals surface area contributed by atoms with E-state index in [-0.39, 0.29) is 50.6 Å². The number of fused-ring (bicyclic) bond motifs is 2. The van der Waals surface area contributed by atoms with E-state index >= 15 is 0 Å². The summed E-state index contributed by atoms with van der Waals surface area (Å²) in [6, 6.07) is -0.118. The topological polar surface area (TPSA) is 249 Å². The Balaban J connectivity index is 1.97. The van der Waals surface area contributed by atoms with Gasteiger partial charge in [-0.1, -0.05) is 39.8 Å². The highest BCUT2D eigenvalue weighted by Gasteiger charge is 2.30. The van der Waals surface area contributed by atoms with Gasteiger partial charge in [0.1, 0.15) is 29.6 Å². The Kier molecular flexibility index (Phi) is 11.4. The van der Waals surface area contributed by atoms with Crippen molar-refractivity contribution in [3.05, 3.63) is 45.5 Å². The van der Waals surface area contributed by atoms with Crippen LogP contribution in [0.15, 0.2) is 17.1 Å². The number of nitrogens with one attached hydrogen (secondary N) is 2. The molecule has 0 saturated heterocycles. The number of aliphatic hydroxyl groups excluding tert-OH is 1. The van der Waals surface area contributed by atoms with Gasteiger partial charge in [0.15, 0.2) is 23.0 Å². The molecule has 4 aromatic carbocycles. The summed E-state index contributed by atoms with van der Waals surface area (Å²) >= 11 is 0. The molecule has 14 heteroatoms. The van der Waals surface area contributed by atoms with E-state index in [4.69, 9.17) is 5.11 Å². The van der Waals surface area contributed by atoms with E-state index < -0.39 is 71.3 Å². The Morgan fingerprint density at radius 2 is 1.11 bits per heavy atom. The minimum Gasteiger partial charge on any atom is -0.507 e. The maximum absolute atomic E-state index is 13.0. The minimum atomic E-state index is -1.25. The molecule has 0 fully saturated rings. The quantitative estimate of drug-likeness (QED) is 0.0713. The molecule has 3 atom stereocenters. The fourth-order valence-electron chi connectivity index (χ4n) is 6.75. The molecule has 0 saturated carbocycles. The van der Waals surface area contributed by atoms with Gasteiger partial charge in [-0.05, 0) is 68.4 Å². The average molecular weight is 734 g/mol. The second-order valence-electron chi connectivity index (χ2n) is 14.0. The number of hydrogen-bond acceptors (Lipinski definition) is 11. The minimum absolute atomic E-state index is 0.0362. The maximum atomic E-state index is 13.0. The third-order valence-electron chi connectivity index (χ3n) is 9.50. The van der Waals surface area contributed by atoms with Crippen LogP contribution in [0.2, 0.25) is 0 Å². The van der Waals surface area contributed by atoms with Gasteiger partial charge in [0, 0.05) is 50.4 Å². The molecule has 0 aliphatic heterocycles. The summed E-state index contributed by atoms with van der Waals surface area (Å²) in [5.41, 5.74) is 1.58. The number of carbonyl (C=O) groups is 3. The summed E-state index contributed by atoms with van der Waals surface area (Å²) in [7, 11) is 0. The van der Waals surface area contributed by atoms with Gasteiger partial charge >= 0.3 is 5.97 Å². The van der Waals surface area contributed by atoms with E-state index in [1.165, 1.54) is 20.8 Å². The fourth-order valence-corrected chi connectivity index (χ4v) is 6.75. The number of carbonyl (C=O) groups excluding carboxylic acids is 2. The Morgan fingerprint density at radius 1 is 0.660 bits per heavy atom. The largest absolute Gasteiger partial charge is 0.507 e. The van der Waals surface area contributed by atoms with Gasteiger partial charge in [-0.15, -0.1) is 0 Å². The molecule has 4 rings (SSSR count). The normalized spacial score (nSPS) is 13.6. The number of aromatic hydroxyl groups is 6. The summed E-state index contributed by atoms with van der Waals surface area (Å²) in [5, 5.41) is 93.3. The first-order valence-corrected chi connectivity index (χ1v) is 17.1. The molecular weight excluding hydrogens is 686 g/mol. The van der Waals surface area contributed by atoms with Crippen molar-refractivity contribution in [1.29, 1.82) is 0 Å². The van der Waals surface area contributed by atoms with E-state index in [1.807, 2.05) is 0 Å². The molecule has 0 radical (unpaired) electrons. The zero-order valence-electron chi connectivity index (χ0n) is 31.1. The number of aliphatic imine (C=N–C) groups is 1. The lowest BCUT2D eigenvalue weighted by Crippen LogP contribution is -2.50. The Bertz CT molecular complexity index is 2190. The first-order chi connectivity index (χ1) is 24.7. The van der Waals surface area contributed by atoms with Crippen LogP contribution in [-0.2, 0) is 21.0 Å². The molecule has 284 valence electrons. The van der Waals surface area contributed by atoms with Gasteiger partial charge in [-0.3, -0.25) is 19.4 Å². The highest BCUT2D eigenvalue weighted by Crippen LogP contribution is 2.54. The summed E-state index contributed by atoms with van der Waals surface area (Å²) < 4.78 is 0. The molecule has 0 aromatic heterocycles. The Morgan fingerprint density at radius 3 is 1.58 bits per heavy atom. The third-order valence-corrected chi connectivity index (χ3v) is 9.50. The van der Waals surface area contributed by atoms with Crippen LogP contribution in [0.25, 0.3) is 32.7 Å². The Labute approximate surface area is 306 Å². The second-order valence-corrected chi connectivity index (χ2v) is 14.0. The smallest absolute Gasteiger partial charge is 0.325 e. The number of aliphatic carboxylic acids is 1. The number of aliphatic hydroxyl groups is 1. The van der Waals surface area contributed by atoms with Crippen LogP contribution >= 0.6 is 0 Å². The number of rotatable bonds is 11. The number of benzene rings is 4. The van der Waals surface area contributed by atoms with Crippen LogP contribution in [0.1, 0.15) is 93.7 Å². The van der Waals surface area contributed by atoms with E-state index in [1.54, 1.807) is 53.7 Å². The van der Waals surface area contributed by atoms with Crippen molar-refractivity contribution in [3.63, 3.8) is 0 Å². The predicted molar refractivity (Wildman–Crippen MR) is 200 cm³/mol. The van der Waals surface area contributed by atoms with E-state index in [9.17, 15) is 50.1 Å². The molecule has 0 heterocycles. The van der Waals surface area contributed by atoms with Crippen molar-refractivity contribution in [2.45, 2.75) is 98.9 Å². The number of carboxylic acids is 1. The van der Waals surface area contributed by atoms with Crippen molar-refractivity contribution in [2.24, 2.45) is 4.99 Å². The van der Waals surface area contributed by atoms with E-state index in [2.05, 4.69) is 15.6 Å². The first-order valence-electron chi connectivity index (χ1n) is 17.1. The van der Waals surface area contributed by atoms with Crippen molar-refractivity contribution >= 4 is 45.5 Å². The van der Waals surface area contributed by atoms with Crippen molar-refractivity contribution < 1.29 is 55.2 Å². The zero-order valence-corrected chi connectivity index (χ0v) is 31.1. The van der Waals surface area contributed by atoms with Crippen LogP contribution in [-0.4, -0.2) is 83.0 Å². The number of aryl methyl sites for hydroxylation is 2. The molecule has 0 bridgehead atoms. The predicted octanol–water partition coefficient (Wildman–Crippen LogP) is 5.15. The van der Waals surface area contributed by atoms with Gasteiger partial charge in [0.25, 0.3) is 0 Å². The fraction of sp³-hybridized carbons (Fsp3) is 0.385. The van der Waals surface area contributed by atoms with Crippen LogP contribution in [0, 0.1) is 13.8 Å². The molecule has 0 spiro atoms. The number of nitrogens with zero attached hydrogens (tertiary/aromatic N) is 1. The highest BCUT2D eigenvalue weighted by atomic mass is 16.4. The molecule has 53 heavy (non-hydrogen) atoms. The van der Waals surface area contributed by atoms with Crippen molar-refractivity contribution in [2.75, 3.05) is 0 Å². The summed E-state index contributed by atoms with van der Waals surface area (Å²) in [6.07, 6.45) is 1.11. The molecule has 0 aliphatic carbocycles. The lowest BCUT2D eigenvalue weighted by atomic mass is 9.83. The molecule has 10 N–H and O–H groups in total. The van der Waals surface area contributed by atoms with Crippen LogP contribution < -0.4 is 10.6 Å². The zero-order chi connectivity index (χ0) is 40.0. The molecule has 2 amide bonds. The van der Waals surface area contributed by atoms with Gasteiger partial charge in [0.05, 0.1) is 6.61 Å². The van der Waals surface area contributed by atoms with E-state index in [0.717, 1.165) is 6.21 Å². The van der Waals surface area contributed by atoms with Crippen molar-refractivity contribution in [1.82, 2.24) is 10.6 Å². The molecule has 0 aliphatic rings. The first kappa shape index (κ1) is 40.0. The number of carboxylic acid groups (broad SMARTS) is 1. The highest BCUT2D eigenvalue weighted by molar-refractivity contribution is 6.13. The SMILES string of the molecule is Cc1cc2c(C(C)C)c(O)c(O)c(C=NC(C)C(=O)NC(C)C(=O)NC(C)C(=O)O)c2c(O)c1-c1c(C)cc2c(C(C)C)c(O)c(O)c(CO)c2c1O. The van der Waals surface area contributed by atoms with Gasteiger partial charge in [0.2, 0.25) is 11.8 Å². The lowest BCUT2D eigenvalue weighted by molar-refractivity contribution is -0.141. The monoisotopic (exact) mass is 733 g/mol. The van der Waals surface area contributed by atoms with Crippen molar-refractivity contribution in [3.8, 4) is 45.6 Å². The van der Waals surface area contributed by atoms with Gasteiger partial charge in [-0.25, -0.2) is 0 Å². The average Bonchev–Trinajstić information content (AvgIpc) is 3.06. The number of hydrogen-bond donors (Lipinski definition) is 10. The van der Waals surface area contributed by atoms with Crippen LogP contribution in [0.5, 0.6) is 34.5 Å². The van der Waals surface area contributed by atoms with Gasteiger partial charge < -0.3 is 51.5 Å². The lowest BCUT2D eigenvalue weighted by Gasteiger charge is -2.24. The third kappa shape index (κ3) is 7.06. The van der Waals surface area contributed by atoms with Crippen LogP contribution in [0.4, 0.5) is 0 Å². The summed E-state index contributed by atoms with van der Waals surface area (Å²) in [4.78, 5) is 40.7. The van der Waals surface area contributed by atoms with Crippen LogP contribution in [0.3, 0.4) is 0 Å². The van der Waals surface area contributed by atoms with E-state index in [0.29, 0.717) is 33.0 Å². The summed E-state index contributed by atoms with van der Waals surface area (Å²) in [6.45, 7) is 13.8. The Hall–Kier alpha value is -5.76. The maximum Gasteiger partial charge on any atom is 0.325 e. The standard InChI is InChI=1S/C39H47N3O11/c1-14(2)25-21-10-16(5)27(28-17(6)11-22-26(15(3)4)36(49)32(45)24(13-43)30(22)34(28)47)33(46)29(21)23(31(44)35(25)48)12-40-18(7)37(50)41-19(8)38(51)42-20(9)39(52)53/h10-12,14-15,18-20,43-49H,13H2,1-9H3,(H,41,50)(H,42,51)(H,52,53). The van der Waals surface area contributed by atoms with Gasteiger partial charge in [-0.2, -0.15) is 0 Å². The molecule has 14 nitrogen and oxygen atoms in total. The summed E-state index contributed by atoms with van der Waals surface area (Å²) in [5.74, 6) is -6.26.